The minimum Gasteiger partial charge on any atom is -0.497 e. The van der Waals surface area contributed by atoms with Gasteiger partial charge in [-0.2, -0.15) is 0 Å². The van der Waals surface area contributed by atoms with Crippen LogP contribution in [0.1, 0.15) is 11.4 Å². The van der Waals surface area contributed by atoms with Gasteiger partial charge in [0.2, 0.25) is 0 Å². The van der Waals surface area contributed by atoms with Crippen molar-refractivity contribution in [3.05, 3.63) is 64.9 Å². The SMILES string of the molecule is COc1ccc(-n2c(C)nnc2SCc2cccc(Cl)c2)cc1. The van der Waals surface area contributed by atoms with E-state index in [1.807, 2.05) is 54.0 Å². The third kappa shape index (κ3) is 3.68. The molecule has 23 heavy (non-hydrogen) atoms. The van der Waals surface area contributed by atoms with Crippen LogP contribution in [-0.4, -0.2) is 21.9 Å². The van der Waals surface area contributed by atoms with Gasteiger partial charge >= 0.3 is 0 Å². The molecule has 0 bridgehead atoms. The van der Waals surface area contributed by atoms with Crippen LogP contribution in [0.4, 0.5) is 0 Å². The van der Waals surface area contributed by atoms with Crippen molar-refractivity contribution in [1.29, 1.82) is 0 Å². The first kappa shape index (κ1) is 15.9. The van der Waals surface area contributed by atoms with E-state index in [-0.39, 0.29) is 0 Å². The number of aryl methyl sites for hydroxylation is 1. The molecular weight excluding hydrogens is 330 g/mol. The van der Waals surface area contributed by atoms with Crippen molar-refractivity contribution in [1.82, 2.24) is 14.8 Å². The number of halogens is 1. The molecule has 0 fully saturated rings. The van der Waals surface area contributed by atoms with E-state index < -0.39 is 0 Å². The Kier molecular flexibility index (Phi) is 4.88. The topological polar surface area (TPSA) is 39.9 Å². The zero-order chi connectivity index (χ0) is 16.2. The Labute approximate surface area is 144 Å². The van der Waals surface area contributed by atoms with Gasteiger partial charge in [0, 0.05) is 16.5 Å². The first-order chi connectivity index (χ1) is 11.2. The van der Waals surface area contributed by atoms with Crippen molar-refractivity contribution >= 4 is 23.4 Å². The summed E-state index contributed by atoms with van der Waals surface area (Å²) in [6.07, 6.45) is 0. The molecule has 3 rings (SSSR count). The molecule has 0 saturated heterocycles. The lowest BCUT2D eigenvalue weighted by Crippen LogP contribution is -1.99. The molecule has 0 aliphatic rings. The van der Waals surface area contributed by atoms with Crippen LogP contribution < -0.4 is 4.74 Å². The molecule has 6 heteroatoms. The van der Waals surface area contributed by atoms with Crippen LogP contribution in [0, 0.1) is 6.92 Å². The van der Waals surface area contributed by atoms with E-state index in [2.05, 4.69) is 16.3 Å². The second-order valence-corrected chi connectivity index (χ2v) is 6.36. The molecule has 3 aromatic rings. The lowest BCUT2D eigenvalue weighted by molar-refractivity contribution is 0.414. The van der Waals surface area contributed by atoms with Gasteiger partial charge in [-0.1, -0.05) is 35.5 Å². The zero-order valence-electron chi connectivity index (χ0n) is 12.9. The fraction of sp³-hybridized carbons (Fsp3) is 0.176. The fourth-order valence-electron chi connectivity index (χ4n) is 2.24. The second-order valence-electron chi connectivity index (χ2n) is 4.98. The molecule has 0 atom stereocenters. The summed E-state index contributed by atoms with van der Waals surface area (Å²) in [4.78, 5) is 0. The Balaban J connectivity index is 1.83. The Morgan fingerprint density at radius 2 is 1.91 bits per heavy atom. The Hall–Kier alpha value is -1.98. The van der Waals surface area contributed by atoms with Crippen LogP contribution in [-0.2, 0) is 5.75 Å². The number of thioether (sulfide) groups is 1. The molecule has 1 heterocycles. The maximum atomic E-state index is 6.03. The van der Waals surface area contributed by atoms with Crippen LogP contribution in [0.3, 0.4) is 0 Å². The monoisotopic (exact) mass is 345 g/mol. The van der Waals surface area contributed by atoms with E-state index in [0.717, 1.165) is 38.8 Å². The van der Waals surface area contributed by atoms with E-state index >= 15 is 0 Å². The molecule has 0 spiro atoms. The molecule has 118 valence electrons. The lowest BCUT2D eigenvalue weighted by atomic mass is 10.2. The Morgan fingerprint density at radius 3 is 2.61 bits per heavy atom. The minimum atomic E-state index is 0.746. The van der Waals surface area contributed by atoms with Gasteiger partial charge in [-0.25, -0.2) is 0 Å². The number of rotatable bonds is 5. The fourth-order valence-corrected chi connectivity index (χ4v) is 3.39. The van der Waals surface area contributed by atoms with Crippen molar-refractivity contribution < 1.29 is 4.74 Å². The highest BCUT2D eigenvalue weighted by Crippen LogP contribution is 2.26. The standard InChI is InChI=1S/C17H16ClN3OS/c1-12-19-20-17(23-11-13-4-3-5-14(18)10-13)21(12)15-6-8-16(22-2)9-7-15/h3-10H,11H2,1-2H3. The molecule has 1 aromatic heterocycles. The van der Waals surface area contributed by atoms with Gasteiger partial charge in [0.15, 0.2) is 5.16 Å². The van der Waals surface area contributed by atoms with Gasteiger partial charge in [-0.3, -0.25) is 4.57 Å². The molecule has 0 amide bonds. The third-order valence-corrected chi connectivity index (χ3v) is 4.62. The summed E-state index contributed by atoms with van der Waals surface area (Å²) in [5.74, 6) is 2.46. The van der Waals surface area contributed by atoms with E-state index in [4.69, 9.17) is 16.3 Å². The van der Waals surface area contributed by atoms with Gasteiger partial charge < -0.3 is 4.74 Å². The van der Waals surface area contributed by atoms with Crippen LogP contribution >= 0.6 is 23.4 Å². The van der Waals surface area contributed by atoms with Crippen molar-refractivity contribution in [3.8, 4) is 11.4 Å². The average molecular weight is 346 g/mol. The summed E-state index contributed by atoms with van der Waals surface area (Å²) in [5, 5.41) is 10.1. The molecule has 0 radical (unpaired) electrons. The molecular formula is C17H16ClN3OS. The number of hydrogen-bond acceptors (Lipinski definition) is 4. The van der Waals surface area contributed by atoms with Gasteiger partial charge in [-0.05, 0) is 48.9 Å². The van der Waals surface area contributed by atoms with Crippen molar-refractivity contribution in [3.63, 3.8) is 0 Å². The van der Waals surface area contributed by atoms with Gasteiger partial charge in [0.05, 0.1) is 7.11 Å². The number of hydrogen-bond donors (Lipinski definition) is 0. The smallest absolute Gasteiger partial charge is 0.196 e. The van der Waals surface area contributed by atoms with E-state index in [9.17, 15) is 0 Å². The zero-order valence-corrected chi connectivity index (χ0v) is 14.4. The molecule has 4 nitrogen and oxygen atoms in total. The lowest BCUT2D eigenvalue weighted by Gasteiger charge is -2.09. The molecule has 0 N–H and O–H groups in total. The maximum Gasteiger partial charge on any atom is 0.196 e. The highest BCUT2D eigenvalue weighted by atomic mass is 35.5. The quantitative estimate of drug-likeness (QED) is 0.637. The van der Waals surface area contributed by atoms with Crippen molar-refractivity contribution in [2.45, 2.75) is 17.8 Å². The highest BCUT2D eigenvalue weighted by Gasteiger charge is 2.11. The number of nitrogens with zero attached hydrogens (tertiary/aromatic N) is 3. The molecule has 2 aromatic carbocycles. The summed E-state index contributed by atoms with van der Waals surface area (Å²) >= 11 is 7.67. The summed E-state index contributed by atoms with van der Waals surface area (Å²) < 4.78 is 7.24. The van der Waals surface area contributed by atoms with E-state index in [0.29, 0.717) is 0 Å². The Bertz CT molecular complexity index is 802. The number of methoxy groups -OCH3 is 1. The summed E-state index contributed by atoms with van der Waals surface area (Å²) in [7, 11) is 1.66. The van der Waals surface area contributed by atoms with Crippen LogP contribution in [0.5, 0.6) is 5.75 Å². The summed E-state index contributed by atoms with van der Waals surface area (Å²) in [6.45, 7) is 1.95. The highest BCUT2D eigenvalue weighted by molar-refractivity contribution is 7.98. The van der Waals surface area contributed by atoms with Gasteiger partial charge in [0.1, 0.15) is 11.6 Å². The number of benzene rings is 2. The molecule has 0 aliphatic carbocycles. The summed E-state index contributed by atoms with van der Waals surface area (Å²) in [6, 6.07) is 15.7. The maximum absolute atomic E-state index is 6.03. The molecule has 0 unspecified atom stereocenters. The van der Waals surface area contributed by atoms with Crippen LogP contribution in [0.25, 0.3) is 5.69 Å². The summed E-state index contributed by atoms with van der Waals surface area (Å²) in [5.41, 5.74) is 2.17. The minimum absolute atomic E-state index is 0.746. The van der Waals surface area contributed by atoms with Crippen LogP contribution in [0.15, 0.2) is 53.7 Å². The van der Waals surface area contributed by atoms with Crippen molar-refractivity contribution in [2.24, 2.45) is 0 Å². The van der Waals surface area contributed by atoms with Gasteiger partial charge in [0.25, 0.3) is 0 Å². The normalized spacial score (nSPS) is 10.7. The molecule has 0 aliphatic heterocycles. The average Bonchev–Trinajstić information content (AvgIpc) is 2.94. The molecule has 0 saturated carbocycles. The second kappa shape index (κ2) is 7.06. The number of ether oxygens (including phenoxy) is 1. The third-order valence-electron chi connectivity index (χ3n) is 3.38. The Morgan fingerprint density at radius 1 is 1.13 bits per heavy atom. The predicted octanol–water partition coefficient (Wildman–Crippen LogP) is 4.53. The van der Waals surface area contributed by atoms with E-state index in [1.165, 1.54) is 0 Å². The predicted molar refractivity (Wildman–Crippen MR) is 93.7 cm³/mol. The first-order valence-corrected chi connectivity index (χ1v) is 8.47. The van der Waals surface area contributed by atoms with Gasteiger partial charge in [-0.15, -0.1) is 10.2 Å². The van der Waals surface area contributed by atoms with Crippen molar-refractivity contribution in [2.75, 3.05) is 7.11 Å². The van der Waals surface area contributed by atoms with Crippen LogP contribution in [0.2, 0.25) is 5.02 Å². The largest absolute Gasteiger partial charge is 0.497 e. The number of aromatic nitrogens is 3. The first-order valence-electron chi connectivity index (χ1n) is 7.11. The van der Waals surface area contributed by atoms with E-state index in [1.54, 1.807) is 18.9 Å².